The summed E-state index contributed by atoms with van der Waals surface area (Å²) >= 11 is 3.44. The van der Waals surface area contributed by atoms with Gasteiger partial charge in [0.25, 0.3) is 0 Å². The Hall–Kier alpha value is -2.98. The van der Waals surface area contributed by atoms with E-state index in [1.54, 1.807) is 30.3 Å². The maximum atomic E-state index is 12.3. The van der Waals surface area contributed by atoms with Crippen molar-refractivity contribution < 1.29 is 18.6 Å². The standard InChI is InChI=1S/C19H14BrNO5/c1-23-11-4-5-12-15(8-11)26-19(22)13(9-21)17(12)10-6-14(20)18(25-3)16(7-10)24-2/h4-8H,1-3H3. The van der Waals surface area contributed by atoms with Crippen molar-refractivity contribution in [3.63, 3.8) is 0 Å². The highest BCUT2D eigenvalue weighted by Gasteiger charge is 2.20. The molecule has 0 N–H and O–H groups in total. The molecule has 1 aromatic heterocycles. The maximum absolute atomic E-state index is 12.3. The average Bonchev–Trinajstić information content (AvgIpc) is 2.65. The van der Waals surface area contributed by atoms with Gasteiger partial charge in [-0.1, -0.05) is 0 Å². The Morgan fingerprint density at radius 3 is 2.46 bits per heavy atom. The lowest BCUT2D eigenvalue weighted by Gasteiger charge is -2.14. The summed E-state index contributed by atoms with van der Waals surface area (Å²) in [4.78, 5) is 12.3. The van der Waals surface area contributed by atoms with Crippen LogP contribution in [0.2, 0.25) is 0 Å². The van der Waals surface area contributed by atoms with Gasteiger partial charge in [0.05, 0.1) is 25.8 Å². The van der Waals surface area contributed by atoms with Crippen molar-refractivity contribution in [3.05, 3.63) is 50.8 Å². The van der Waals surface area contributed by atoms with Crippen LogP contribution in [0.25, 0.3) is 22.1 Å². The van der Waals surface area contributed by atoms with Gasteiger partial charge in [-0.15, -0.1) is 0 Å². The normalized spacial score (nSPS) is 10.4. The highest BCUT2D eigenvalue weighted by Crippen LogP contribution is 2.41. The van der Waals surface area contributed by atoms with Crippen molar-refractivity contribution in [2.45, 2.75) is 0 Å². The maximum Gasteiger partial charge on any atom is 0.354 e. The third-order valence-corrected chi connectivity index (χ3v) is 4.54. The van der Waals surface area contributed by atoms with E-state index >= 15 is 0 Å². The van der Waals surface area contributed by atoms with E-state index in [0.29, 0.717) is 43.8 Å². The molecule has 2 aromatic carbocycles. The van der Waals surface area contributed by atoms with Crippen molar-refractivity contribution in [2.24, 2.45) is 0 Å². The summed E-state index contributed by atoms with van der Waals surface area (Å²) in [5.41, 5.74) is 0.613. The highest BCUT2D eigenvalue weighted by atomic mass is 79.9. The van der Waals surface area contributed by atoms with Gasteiger partial charge in [-0.2, -0.15) is 5.26 Å². The second-order valence-corrected chi connectivity index (χ2v) is 6.16. The van der Waals surface area contributed by atoms with E-state index in [-0.39, 0.29) is 5.56 Å². The first kappa shape index (κ1) is 17.8. The zero-order valence-electron chi connectivity index (χ0n) is 14.3. The summed E-state index contributed by atoms with van der Waals surface area (Å²) in [6.45, 7) is 0. The van der Waals surface area contributed by atoms with E-state index in [1.807, 2.05) is 6.07 Å². The van der Waals surface area contributed by atoms with Crippen molar-refractivity contribution in [2.75, 3.05) is 21.3 Å². The van der Waals surface area contributed by atoms with E-state index in [9.17, 15) is 10.1 Å². The number of nitrogens with zero attached hydrogens (tertiary/aromatic N) is 1. The van der Waals surface area contributed by atoms with Crippen molar-refractivity contribution in [1.82, 2.24) is 0 Å². The topological polar surface area (TPSA) is 81.7 Å². The molecule has 6 nitrogen and oxygen atoms in total. The van der Waals surface area contributed by atoms with Crippen LogP contribution in [-0.4, -0.2) is 21.3 Å². The Morgan fingerprint density at radius 1 is 1.08 bits per heavy atom. The first-order chi connectivity index (χ1) is 12.5. The average molecular weight is 416 g/mol. The van der Waals surface area contributed by atoms with E-state index in [2.05, 4.69) is 15.9 Å². The molecule has 26 heavy (non-hydrogen) atoms. The fourth-order valence-electron chi connectivity index (χ4n) is 2.77. The van der Waals surface area contributed by atoms with E-state index in [0.717, 1.165) is 0 Å². The predicted octanol–water partition coefficient (Wildman–Crippen LogP) is 4.12. The Bertz CT molecular complexity index is 1100. The zero-order chi connectivity index (χ0) is 18.8. The molecule has 3 aromatic rings. The lowest BCUT2D eigenvalue weighted by atomic mass is 9.97. The lowest BCUT2D eigenvalue weighted by Crippen LogP contribution is -2.07. The highest BCUT2D eigenvalue weighted by molar-refractivity contribution is 9.10. The summed E-state index contributed by atoms with van der Waals surface area (Å²) in [6.07, 6.45) is 0. The van der Waals surface area contributed by atoms with Gasteiger partial charge in [-0.05, 0) is 45.8 Å². The molecule has 0 saturated carbocycles. The molecule has 1 heterocycles. The van der Waals surface area contributed by atoms with Crippen molar-refractivity contribution in [1.29, 1.82) is 5.26 Å². The molecule has 3 rings (SSSR count). The van der Waals surface area contributed by atoms with Crippen LogP contribution in [-0.2, 0) is 0 Å². The molecule has 0 fully saturated rings. The molecule has 0 unspecified atom stereocenters. The number of nitriles is 1. The van der Waals surface area contributed by atoms with E-state index in [1.165, 1.54) is 21.3 Å². The minimum atomic E-state index is -0.714. The van der Waals surface area contributed by atoms with Crippen LogP contribution in [0.15, 0.2) is 44.0 Å². The third kappa shape index (κ3) is 2.89. The number of fused-ring (bicyclic) bond motifs is 1. The van der Waals surface area contributed by atoms with Crippen LogP contribution < -0.4 is 19.8 Å². The van der Waals surface area contributed by atoms with Crippen molar-refractivity contribution >= 4 is 26.9 Å². The number of halogens is 1. The Labute approximate surface area is 157 Å². The third-order valence-electron chi connectivity index (χ3n) is 3.95. The van der Waals surface area contributed by atoms with Crippen LogP contribution in [0.4, 0.5) is 0 Å². The number of hydrogen-bond donors (Lipinski definition) is 0. The van der Waals surface area contributed by atoms with E-state index < -0.39 is 5.63 Å². The molecule has 0 saturated heterocycles. The predicted molar refractivity (Wildman–Crippen MR) is 100.0 cm³/mol. The number of benzene rings is 2. The van der Waals surface area contributed by atoms with E-state index in [4.69, 9.17) is 18.6 Å². The van der Waals surface area contributed by atoms with Gasteiger partial charge in [0.1, 0.15) is 23.0 Å². The Balaban J connectivity index is 2.42. The molecule has 0 bridgehead atoms. The molecule has 0 aliphatic heterocycles. The molecule has 132 valence electrons. The van der Waals surface area contributed by atoms with Crippen LogP contribution in [0.5, 0.6) is 17.2 Å². The van der Waals surface area contributed by atoms with Gasteiger partial charge in [0, 0.05) is 17.0 Å². The van der Waals surface area contributed by atoms with Crippen LogP contribution in [0.3, 0.4) is 0 Å². The van der Waals surface area contributed by atoms with Gasteiger partial charge in [-0.3, -0.25) is 0 Å². The SMILES string of the molecule is COc1ccc2c(-c3cc(Br)c(OC)c(OC)c3)c(C#N)c(=O)oc2c1. The number of methoxy groups -OCH3 is 3. The van der Waals surface area contributed by atoms with Gasteiger partial charge in [-0.25, -0.2) is 4.79 Å². The van der Waals surface area contributed by atoms with Gasteiger partial charge >= 0.3 is 5.63 Å². The molecule has 7 heteroatoms. The van der Waals surface area contributed by atoms with Gasteiger partial charge in [0.15, 0.2) is 11.5 Å². The summed E-state index contributed by atoms with van der Waals surface area (Å²) in [7, 11) is 4.57. The fraction of sp³-hybridized carbons (Fsp3) is 0.158. The second-order valence-electron chi connectivity index (χ2n) is 5.31. The minimum absolute atomic E-state index is 0.0817. The Kier molecular flexibility index (Phi) is 4.87. The summed E-state index contributed by atoms with van der Waals surface area (Å²) in [5.74, 6) is 1.53. The first-order valence-corrected chi connectivity index (χ1v) is 8.30. The van der Waals surface area contributed by atoms with Gasteiger partial charge < -0.3 is 18.6 Å². The number of ether oxygens (including phenoxy) is 3. The summed E-state index contributed by atoms with van der Waals surface area (Å²) in [6, 6.07) is 10.5. The largest absolute Gasteiger partial charge is 0.497 e. The van der Waals surface area contributed by atoms with Crippen molar-refractivity contribution in [3.8, 4) is 34.4 Å². The van der Waals surface area contributed by atoms with Crippen LogP contribution in [0.1, 0.15) is 5.56 Å². The summed E-state index contributed by atoms with van der Waals surface area (Å²) in [5, 5.41) is 10.1. The molecule has 0 amide bonds. The zero-order valence-corrected chi connectivity index (χ0v) is 15.8. The number of rotatable bonds is 4. The molecular formula is C19H14BrNO5. The molecular weight excluding hydrogens is 402 g/mol. The molecule has 0 spiro atoms. The molecule has 0 aliphatic rings. The molecule has 0 radical (unpaired) electrons. The quantitative estimate of drug-likeness (QED) is 0.596. The van der Waals surface area contributed by atoms with Crippen LogP contribution >= 0.6 is 15.9 Å². The van der Waals surface area contributed by atoms with Gasteiger partial charge in [0.2, 0.25) is 0 Å². The lowest BCUT2D eigenvalue weighted by molar-refractivity contribution is 0.353. The smallest absolute Gasteiger partial charge is 0.354 e. The fourth-order valence-corrected chi connectivity index (χ4v) is 3.38. The monoisotopic (exact) mass is 415 g/mol. The molecule has 0 aliphatic carbocycles. The first-order valence-electron chi connectivity index (χ1n) is 7.50. The molecule has 0 atom stereocenters. The van der Waals surface area contributed by atoms with Crippen LogP contribution in [0, 0.1) is 11.3 Å². The number of hydrogen-bond acceptors (Lipinski definition) is 6. The minimum Gasteiger partial charge on any atom is -0.497 e. The summed E-state index contributed by atoms with van der Waals surface area (Å²) < 4.78 is 21.8. The second kappa shape index (κ2) is 7.10. The Morgan fingerprint density at radius 2 is 1.85 bits per heavy atom.